The highest BCUT2D eigenvalue weighted by Gasteiger charge is 2.30. The molecule has 108 valence electrons. The Hall–Kier alpha value is -1.92. The lowest BCUT2D eigenvalue weighted by molar-refractivity contribution is -0.132. The summed E-state index contributed by atoms with van der Waals surface area (Å²) in [5.74, 6) is 5.02. The zero-order valence-corrected chi connectivity index (χ0v) is 11.6. The first-order valence-corrected chi connectivity index (χ1v) is 6.67. The van der Waals surface area contributed by atoms with Crippen LogP contribution in [0.5, 0.6) is 0 Å². The largest absolute Gasteiger partial charge is 0.345 e. The normalized spacial score (nSPS) is 18.5. The van der Waals surface area contributed by atoms with Gasteiger partial charge in [0, 0.05) is 20.1 Å². The number of nitrogens with two attached hydrogens (primary N) is 1. The highest BCUT2D eigenvalue weighted by atomic mass is 16.2. The van der Waals surface area contributed by atoms with E-state index in [0.29, 0.717) is 13.1 Å². The molecular weight excluding hydrogens is 256 g/mol. The van der Waals surface area contributed by atoms with Crippen molar-refractivity contribution in [1.29, 1.82) is 0 Å². The molecule has 1 fully saturated rings. The lowest BCUT2D eigenvalue weighted by Gasteiger charge is -2.28. The number of hydrogen-bond donors (Lipinski definition) is 2. The maximum Gasteiger partial charge on any atom is 0.255 e. The molecule has 1 aromatic rings. The fourth-order valence-electron chi connectivity index (χ4n) is 2.47. The molecule has 1 unspecified atom stereocenters. The average molecular weight is 276 g/mol. The van der Waals surface area contributed by atoms with Crippen LogP contribution in [0.4, 0.5) is 0 Å². The zero-order valence-electron chi connectivity index (χ0n) is 11.6. The molecule has 0 radical (unpaired) electrons. The van der Waals surface area contributed by atoms with Gasteiger partial charge in [0.15, 0.2) is 0 Å². The van der Waals surface area contributed by atoms with Crippen LogP contribution in [0.2, 0.25) is 0 Å². The van der Waals surface area contributed by atoms with E-state index in [1.165, 1.54) is 0 Å². The van der Waals surface area contributed by atoms with Crippen LogP contribution in [0.3, 0.4) is 0 Å². The van der Waals surface area contributed by atoms with Crippen LogP contribution in [0.15, 0.2) is 30.3 Å². The van der Waals surface area contributed by atoms with E-state index in [0.717, 1.165) is 12.0 Å². The van der Waals surface area contributed by atoms with Gasteiger partial charge in [-0.2, -0.15) is 0 Å². The first-order valence-electron chi connectivity index (χ1n) is 6.67. The van der Waals surface area contributed by atoms with Crippen LogP contribution in [0.25, 0.3) is 0 Å². The SMILES string of the molecule is CN1CCCN(C(C(=O)NN)c2ccccc2)CC1=O. The third kappa shape index (κ3) is 3.15. The van der Waals surface area contributed by atoms with Crippen LogP contribution >= 0.6 is 0 Å². The van der Waals surface area contributed by atoms with Crippen LogP contribution in [-0.4, -0.2) is 48.3 Å². The molecule has 2 amide bonds. The van der Waals surface area contributed by atoms with E-state index in [4.69, 9.17) is 5.84 Å². The van der Waals surface area contributed by atoms with E-state index >= 15 is 0 Å². The summed E-state index contributed by atoms with van der Waals surface area (Å²) in [6.45, 7) is 1.62. The Kier molecular flexibility index (Phi) is 4.70. The van der Waals surface area contributed by atoms with Crippen molar-refractivity contribution in [3.8, 4) is 0 Å². The summed E-state index contributed by atoms with van der Waals surface area (Å²) in [7, 11) is 1.78. The predicted octanol–water partition coefficient (Wildman–Crippen LogP) is -0.118. The Morgan fingerprint density at radius 2 is 2.00 bits per heavy atom. The number of carbonyl (C=O) groups is 2. The molecule has 0 aliphatic carbocycles. The molecule has 3 N–H and O–H groups in total. The summed E-state index contributed by atoms with van der Waals surface area (Å²) in [4.78, 5) is 27.7. The number of nitrogens with one attached hydrogen (secondary N) is 1. The summed E-state index contributed by atoms with van der Waals surface area (Å²) < 4.78 is 0. The lowest BCUT2D eigenvalue weighted by Crippen LogP contribution is -2.45. The molecule has 1 saturated heterocycles. The van der Waals surface area contributed by atoms with Crippen molar-refractivity contribution >= 4 is 11.8 Å². The second-order valence-corrected chi connectivity index (χ2v) is 4.96. The molecule has 1 aliphatic heterocycles. The van der Waals surface area contributed by atoms with Gasteiger partial charge in [0.2, 0.25) is 5.91 Å². The minimum absolute atomic E-state index is 0.0215. The van der Waals surface area contributed by atoms with Gasteiger partial charge < -0.3 is 4.90 Å². The number of carbonyl (C=O) groups excluding carboxylic acids is 2. The highest BCUT2D eigenvalue weighted by molar-refractivity contribution is 5.84. The second-order valence-electron chi connectivity index (χ2n) is 4.96. The molecule has 6 nitrogen and oxygen atoms in total. The van der Waals surface area contributed by atoms with Crippen molar-refractivity contribution in [3.63, 3.8) is 0 Å². The fourth-order valence-corrected chi connectivity index (χ4v) is 2.47. The Morgan fingerprint density at radius 1 is 1.30 bits per heavy atom. The molecule has 6 heteroatoms. The molecule has 0 bridgehead atoms. The van der Waals surface area contributed by atoms with Gasteiger partial charge in [0.1, 0.15) is 6.04 Å². The molecule has 1 aliphatic rings. The fraction of sp³-hybridized carbons (Fsp3) is 0.429. The maximum atomic E-state index is 12.1. The summed E-state index contributed by atoms with van der Waals surface area (Å²) in [5.41, 5.74) is 3.04. The van der Waals surface area contributed by atoms with E-state index < -0.39 is 6.04 Å². The van der Waals surface area contributed by atoms with E-state index in [2.05, 4.69) is 5.43 Å². The van der Waals surface area contributed by atoms with Gasteiger partial charge in [-0.25, -0.2) is 5.84 Å². The van der Waals surface area contributed by atoms with Gasteiger partial charge in [-0.1, -0.05) is 30.3 Å². The summed E-state index contributed by atoms with van der Waals surface area (Å²) in [6.07, 6.45) is 0.837. The van der Waals surface area contributed by atoms with E-state index in [-0.39, 0.29) is 18.4 Å². The molecule has 2 rings (SSSR count). The van der Waals surface area contributed by atoms with Gasteiger partial charge in [-0.05, 0) is 12.0 Å². The monoisotopic (exact) mass is 276 g/mol. The summed E-state index contributed by atoms with van der Waals surface area (Å²) >= 11 is 0. The van der Waals surface area contributed by atoms with E-state index in [9.17, 15) is 9.59 Å². The van der Waals surface area contributed by atoms with Crippen LogP contribution in [-0.2, 0) is 9.59 Å². The first kappa shape index (κ1) is 14.5. The number of hydrogen-bond acceptors (Lipinski definition) is 4. The minimum atomic E-state index is -0.531. The Morgan fingerprint density at radius 3 is 2.65 bits per heavy atom. The highest BCUT2D eigenvalue weighted by Crippen LogP contribution is 2.22. The molecule has 0 saturated carbocycles. The van der Waals surface area contributed by atoms with Crippen LogP contribution < -0.4 is 11.3 Å². The minimum Gasteiger partial charge on any atom is -0.345 e. The van der Waals surface area contributed by atoms with Crippen molar-refractivity contribution in [3.05, 3.63) is 35.9 Å². The zero-order chi connectivity index (χ0) is 14.5. The number of nitrogens with zero attached hydrogens (tertiary/aromatic N) is 2. The lowest BCUT2D eigenvalue weighted by atomic mass is 10.0. The van der Waals surface area contributed by atoms with Crippen LogP contribution in [0.1, 0.15) is 18.0 Å². The molecule has 20 heavy (non-hydrogen) atoms. The Bertz CT molecular complexity index is 477. The topological polar surface area (TPSA) is 78.7 Å². The van der Waals surface area contributed by atoms with E-state index in [1.54, 1.807) is 11.9 Å². The predicted molar refractivity (Wildman–Crippen MR) is 75.3 cm³/mol. The van der Waals surface area contributed by atoms with Crippen molar-refractivity contribution in [2.45, 2.75) is 12.5 Å². The molecule has 0 aromatic heterocycles. The van der Waals surface area contributed by atoms with Gasteiger partial charge >= 0.3 is 0 Å². The van der Waals surface area contributed by atoms with Crippen molar-refractivity contribution in [2.24, 2.45) is 5.84 Å². The Labute approximate surface area is 118 Å². The quantitative estimate of drug-likeness (QED) is 0.458. The molecule has 0 spiro atoms. The number of amides is 2. The standard InChI is InChI=1S/C14H20N4O2/c1-17-8-5-9-18(10-12(17)19)13(14(20)16-15)11-6-3-2-4-7-11/h2-4,6-7,13H,5,8-10,15H2,1H3,(H,16,20). The third-order valence-corrected chi connectivity index (χ3v) is 3.57. The van der Waals surface area contributed by atoms with Gasteiger partial charge in [-0.3, -0.25) is 19.9 Å². The van der Waals surface area contributed by atoms with Gasteiger partial charge in [0.25, 0.3) is 5.91 Å². The van der Waals surface area contributed by atoms with Gasteiger partial charge in [0.05, 0.1) is 6.54 Å². The number of hydrazine groups is 1. The smallest absolute Gasteiger partial charge is 0.255 e. The van der Waals surface area contributed by atoms with Gasteiger partial charge in [-0.15, -0.1) is 0 Å². The van der Waals surface area contributed by atoms with Crippen molar-refractivity contribution < 1.29 is 9.59 Å². The van der Waals surface area contributed by atoms with E-state index in [1.807, 2.05) is 35.2 Å². The Balaban J connectivity index is 2.27. The number of benzene rings is 1. The summed E-state index contributed by atoms with van der Waals surface area (Å²) in [5, 5.41) is 0. The first-order chi connectivity index (χ1) is 9.63. The number of rotatable bonds is 3. The maximum absolute atomic E-state index is 12.1. The average Bonchev–Trinajstić information content (AvgIpc) is 2.62. The molecule has 1 heterocycles. The molecule has 1 atom stereocenters. The van der Waals surface area contributed by atoms with Crippen molar-refractivity contribution in [1.82, 2.24) is 15.2 Å². The second kappa shape index (κ2) is 6.49. The number of likely N-dealkylation sites (N-methyl/N-ethyl adjacent to an activating group) is 1. The van der Waals surface area contributed by atoms with Crippen LogP contribution in [0, 0.1) is 0 Å². The van der Waals surface area contributed by atoms with Crippen molar-refractivity contribution in [2.75, 3.05) is 26.7 Å². The molecule has 1 aromatic carbocycles. The summed E-state index contributed by atoms with van der Waals surface area (Å²) in [6, 6.07) is 8.85. The molecular formula is C14H20N4O2. The third-order valence-electron chi connectivity index (χ3n) is 3.57.